The van der Waals surface area contributed by atoms with E-state index in [4.69, 9.17) is 16.0 Å². The summed E-state index contributed by atoms with van der Waals surface area (Å²) >= 11 is 5.65. The normalized spacial score (nSPS) is 12.6. The molecule has 0 aliphatic rings. The third-order valence-electron chi connectivity index (χ3n) is 2.45. The lowest BCUT2D eigenvalue weighted by Gasteiger charge is -2.11. The molecular weight excluding hydrogens is 238 g/mol. The van der Waals surface area contributed by atoms with Gasteiger partial charge in [0.05, 0.1) is 12.6 Å². The monoisotopic (exact) mass is 251 g/mol. The zero-order valence-corrected chi connectivity index (χ0v) is 10.0. The number of aliphatic hydroxyl groups is 1. The fourth-order valence-corrected chi connectivity index (χ4v) is 1.73. The molecule has 0 fully saturated rings. The lowest BCUT2D eigenvalue weighted by atomic mass is 10.1. The second-order valence-electron chi connectivity index (χ2n) is 3.76. The van der Waals surface area contributed by atoms with Crippen LogP contribution in [0.4, 0.5) is 0 Å². The fraction of sp³-hybridized carbons (Fsp3) is 0.231. The van der Waals surface area contributed by atoms with E-state index < -0.39 is 6.10 Å². The van der Waals surface area contributed by atoms with E-state index in [0.717, 1.165) is 11.3 Å². The Morgan fingerprint density at radius 2 is 1.94 bits per heavy atom. The first-order valence-electron chi connectivity index (χ1n) is 5.43. The van der Waals surface area contributed by atoms with Crippen LogP contribution in [0.25, 0.3) is 0 Å². The zero-order chi connectivity index (χ0) is 12.1. The van der Waals surface area contributed by atoms with E-state index in [1.54, 1.807) is 6.07 Å². The highest BCUT2D eigenvalue weighted by Crippen LogP contribution is 2.14. The Morgan fingerprint density at radius 3 is 2.59 bits per heavy atom. The topological polar surface area (TPSA) is 45.4 Å². The van der Waals surface area contributed by atoms with Crippen LogP contribution in [0.3, 0.4) is 0 Å². The summed E-state index contributed by atoms with van der Waals surface area (Å²) in [6, 6.07) is 13.0. The molecule has 2 rings (SSSR count). The summed E-state index contributed by atoms with van der Waals surface area (Å²) in [7, 11) is 0. The second kappa shape index (κ2) is 5.87. The molecule has 0 saturated heterocycles. The number of furan rings is 1. The molecule has 1 heterocycles. The van der Waals surface area contributed by atoms with Gasteiger partial charge in [-0.15, -0.1) is 0 Å². The summed E-state index contributed by atoms with van der Waals surface area (Å²) in [6.07, 6.45) is -0.512. The molecule has 1 unspecified atom stereocenters. The maximum Gasteiger partial charge on any atom is 0.193 e. The molecule has 0 aliphatic heterocycles. The Kier molecular flexibility index (Phi) is 4.20. The van der Waals surface area contributed by atoms with Crippen LogP contribution in [-0.4, -0.2) is 11.7 Å². The minimum absolute atomic E-state index is 0.380. The number of rotatable bonds is 5. The van der Waals surface area contributed by atoms with Crippen molar-refractivity contribution in [1.29, 1.82) is 0 Å². The smallest absolute Gasteiger partial charge is 0.193 e. The minimum atomic E-state index is -0.512. The molecule has 1 aromatic heterocycles. The summed E-state index contributed by atoms with van der Waals surface area (Å²) in [5.74, 6) is 0.760. The van der Waals surface area contributed by atoms with Crippen molar-refractivity contribution < 1.29 is 9.52 Å². The van der Waals surface area contributed by atoms with Gasteiger partial charge in [-0.05, 0) is 29.3 Å². The van der Waals surface area contributed by atoms with Crippen molar-refractivity contribution in [3.63, 3.8) is 0 Å². The lowest BCUT2D eigenvalue weighted by molar-refractivity contribution is 0.173. The molecule has 0 aliphatic carbocycles. The summed E-state index contributed by atoms with van der Waals surface area (Å²) in [6.45, 7) is 1.03. The van der Waals surface area contributed by atoms with Gasteiger partial charge in [-0.3, -0.25) is 0 Å². The molecule has 1 aromatic carbocycles. The molecule has 3 nitrogen and oxygen atoms in total. The number of hydrogen-bond acceptors (Lipinski definition) is 3. The summed E-state index contributed by atoms with van der Waals surface area (Å²) in [5, 5.41) is 13.4. The van der Waals surface area contributed by atoms with Crippen molar-refractivity contribution in [2.75, 3.05) is 6.54 Å². The molecule has 2 aromatic rings. The van der Waals surface area contributed by atoms with Gasteiger partial charge >= 0.3 is 0 Å². The second-order valence-corrected chi connectivity index (χ2v) is 4.14. The SMILES string of the molecule is OC(CNCc1ccc(Cl)o1)c1ccccc1. The molecular formula is C13H14ClNO2. The van der Waals surface area contributed by atoms with Crippen LogP contribution in [0, 0.1) is 0 Å². The van der Waals surface area contributed by atoms with Gasteiger partial charge in [0.15, 0.2) is 5.22 Å². The number of hydrogen-bond donors (Lipinski definition) is 2. The molecule has 0 spiro atoms. The van der Waals surface area contributed by atoms with Crippen molar-refractivity contribution in [3.05, 3.63) is 59.0 Å². The number of nitrogens with one attached hydrogen (secondary N) is 1. The van der Waals surface area contributed by atoms with E-state index in [0.29, 0.717) is 18.3 Å². The van der Waals surface area contributed by atoms with Crippen LogP contribution in [0.2, 0.25) is 5.22 Å². The summed E-state index contributed by atoms with van der Waals surface area (Å²) in [5.41, 5.74) is 0.900. The molecule has 0 bridgehead atoms. The van der Waals surface area contributed by atoms with E-state index in [9.17, 15) is 5.11 Å². The van der Waals surface area contributed by atoms with Crippen LogP contribution in [0.1, 0.15) is 17.4 Å². The van der Waals surface area contributed by atoms with Crippen molar-refractivity contribution in [1.82, 2.24) is 5.32 Å². The number of benzene rings is 1. The van der Waals surface area contributed by atoms with Crippen molar-refractivity contribution in [2.24, 2.45) is 0 Å². The Hall–Kier alpha value is -1.29. The molecule has 0 saturated carbocycles. The fourth-order valence-electron chi connectivity index (χ4n) is 1.57. The molecule has 0 radical (unpaired) electrons. The Morgan fingerprint density at radius 1 is 1.18 bits per heavy atom. The van der Waals surface area contributed by atoms with E-state index in [1.807, 2.05) is 36.4 Å². The van der Waals surface area contributed by atoms with Gasteiger partial charge in [0.1, 0.15) is 5.76 Å². The molecule has 4 heteroatoms. The Bertz CT molecular complexity index is 455. The first-order chi connectivity index (χ1) is 8.25. The van der Waals surface area contributed by atoms with E-state index >= 15 is 0 Å². The van der Waals surface area contributed by atoms with Crippen molar-refractivity contribution in [2.45, 2.75) is 12.6 Å². The first-order valence-corrected chi connectivity index (χ1v) is 5.81. The molecule has 90 valence electrons. The van der Waals surface area contributed by atoms with Gasteiger partial charge in [-0.25, -0.2) is 0 Å². The highest BCUT2D eigenvalue weighted by atomic mass is 35.5. The molecule has 2 N–H and O–H groups in total. The number of halogens is 1. The average Bonchev–Trinajstić information content (AvgIpc) is 2.76. The van der Waals surface area contributed by atoms with Crippen LogP contribution in [-0.2, 0) is 6.54 Å². The van der Waals surface area contributed by atoms with Gasteiger partial charge < -0.3 is 14.8 Å². The quantitative estimate of drug-likeness (QED) is 0.859. The summed E-state index contributed by atoms with van der Waals surface area (Å²) < 4.78 is 5.19. The standard InChI is InChI=1S/C13H14ClNO2/c14-13-7-6-11(17-13)8-15-9-12(16)10-4-2-1-3-5-10/h1-7,12,15-16H,8-9H2. The predicted molar refractivity (Wildman–Crippen MR) is 66.8 cm³/mol. The van der Waals surface area contributed by atoms with Gasteiger partial charge in [-0.1, -0.05) is 30.3 Å². The largest absolute Gasteiger partial charge is 0.448 e. The average molecular weight is 252 g/mol. The molecule has 17 heavy (non-hydrogen) atoms. The van der Waals surface area contributed by atoms with Crippen LogP contribution in [0.5, 0.6) is 0 Å². The first kappa shape index (κ1) is 12.2. The van der Waals surface area contributed by atoms with E-state index in [-0.39, 0.29) is 0 Å². The van der Waals surface area contributed by atoms with Gasteiger partial charge in [-0.2, -0.15) is 0 Å². The lowest BCUT2D eigenvalue weighted by Crippen LogP contribution is -2.20. The molecule has 0 amide bonds. The minimum Gasteiger partial charge on any atom is -0.448 e. The zero-order valence-electron chi connectivity index (χ0n) is 9.27. The van der Waals surface area contributed by atoms with Gasteiger partial charge in [0.25, 0.3) is 0 Å². The maximum atomic E-state index is 9.88. The van der Waals surface area contributed by atoms with E-state index in [2.05, 4.69) is 5.32 Å². The van der Waals surface area contributed by atoms with E-state index in [1.165, 1.54) is 0 Å². The van der Waals surface area contributed by atoms with Crippen molar-refractivity contribution >= 4 is 11.6 Å². The Balaban J connectivity index is 1.79. The van der Waals surface area contributed by atoms with Gasteiger partial charge in [0, 0.05) is 6.54 Å². The predicted octanol–water partition coefficient (Wildman–Crippen LogP) is 2.76. The number of aliphatic hydroxyl groups excluding tert-OH is 1. The van der Waals surface area contributed by atoms with Crippen molar-refractivity contribution in [3.8, 4) is 0 Å². The summed E-state index contributed by atoms with van der Waals surface area (Å²) in [4.78, 5) is 0. The van der Waals surface area contributed by atoms with Gasteiger partial charge in [0.2, 0.25) is 0 Å². The van der Waals surface area contributed by atoms with Crippen LogP contribution in [0.15, 0.2) is 46.9 Å². The van der Waals surface area contributed by atoms with Crippen LogP contribution >= 0.6 is 11.6 Å². The highest BCUT2D eigenvalue weighted by molar-refractivity contribution is 6.28. The third-order valence-corrected chi connectivity index (χ3v) is 2.65. The molecule has 1 atom stereocenters. The third kappa shape index (κ3) is 3.60. The highest BCUT2D eigenvalue weighted by Gasteiger charge is 2.06. The Labute approximate surface area is 105 Å². The maximum absolute atomic E-state index is 9.88. The van der Waals surface area contributed by atoms with Crippen LogP contribution < -0.4 is 5.32 Å².